The van der Waals surface area contributed by atoms with Gasteiger partial charge in [-0.15, -0.1) is 0 Å². The predicted molar refractivity (Wildman–Crippen MR) is 75.4 cm³/mol. The fourth-order valence-electron chi connectivity index (χ4n) is 2.01. The Bertz CT molecular complexity index is 546. The van der Waals surface area contributed by atoms with E-state index in [-0.39, 0.29) is 6.04 Å². The van der Waals surface area contributed by atoms with Gasteiger partial charge in [0.1, 0.15) is 16.5 Å². The van der Waals surface area contributed by atoms with E-state index in [1.54, 1.807) is 0 Å². The van der Waals surface area contributed by atoms with E-state index in [4.69, 9.17) is 0 Å². The van der Waals surface area contributed by atoms with Gasteiger partial charge in [0.25, 0.3) is 0 Å². The van der Waals surface area contributed by atoms with Gasteiger partial charge in [0.05, 0.1) is 5.25 Å². The number of benzene rings is 1. The minimum Gasteiger partial charge on any atom is -0.314 e. The van der Waals surface area contributed by atoms with Gasteiger partial charge >= 0.3 is 0 Å². The third-order valence-corrected chi connectivity index (χ3v) is 5.34. The molecule has 1 N–H and O–H groups in total. The zero-order valence-corrected chi connectivity index (χ0v) is 12.8. The summed E-state index contributed by atoms with van der Waals surface area (Å²) < 4.78 is 51.3. The average molecular weight is 305 g/mol. The molecular weight excluding hydrogens is 284 g/mol. The molecule has 0 bridgehead atoms. The lowest BCUT2D eigenvalue weighted by atomic mass is 10.2. The molecule has 0 radical (unpaired) electrons. The molecular formula is C14H21F2NO2S. The lowest BCUT2D eigenvalue weighted by Gasteiger charge is -2.19. The maximum absolute atomic E-state index is 13.6. The molecule has 0 saturated carbocycles. The summed E-state index contributed by atoms with van der Waals surface area (Å²) in [5.41, 5.74) is 0. The zero-order valence-electron chi connectivity index (χ0n) is 12.0. The molecule has 2 atom stereocenters. The van der Waals surface area contributed by atoms with Crippen LogP contribution in [0.25, 0.3) is 0 Å². The fourth-order valence-corrected chi connectivity index (χ4v) is 3.60. The van der Waals surface area contributed by atoms with Crippen LogP contribution in [0.5, 0.6) is 0 Å². The largest absolute Gasteiger partial charge is 0.314 e. The molecule has 0 amide bonds. The summed E-state index contributed by atoms with van der Waals surface area (Å²) in [7, 11) is -3.87. The summed E-state index contributed by atoms with van der Waals surface area (Å²) in [6, 6.07) is 2.49. The third-order valence-electron chi connectivity index (χ3n) is 3.16. The molecule has 0 saturated heterocycles. The van der Waals surface area contributed by atoms with Crippen LogP contribution in [0.2, 0.25) is 0 Å². The van der Waals surface area contributed by atoms with Crippen LogP contribution in [0.3, 0.4) is 0 Å². The number of hydrogen-bond donors (Lipinski definition) is 1. The SMILES string of the molecule is CCCNC(C)CC(C)S(=O)(=O)c1cc(F)ccc1F. The molecule has 1 rings (SSSR count). The number of sulfone groups is 1. The van der Waals surface area contributed by atoms with Crippen LogP contribution in [0.1, 0.15) is 33.6 Å². The number of nitrogens with one attached hydrogen (secondary N) is 1. The van der Waals surface area contributed by atoms with Gasteiger partial charge in [-0.05, 0) is 51.4 Å². The highest BCUT2D eigenvalue weighted by atomic mass is 32.2. The normalized spacial score (nSPS) is 15.1. The molecule has 0 fully saturated rings. The molecule has 0 heterocycles. The summed E-state index contributed by atoms with van der Waals surface area (Å²) in [6.07, 6.45) is 1.29. The van der Waals surface area contributed by atoms with Crippen LogP contribution in [0.15, 0.2) is 23.1 Å². The van der Waals surface area contributed by atoms with Gasteiger partial charge in [-0.3, -0.25) is 0 Å². The second-order valence-corrected chi connectivity index (χ2v) is 7.36. The Morgan fingerprint density at radius 3 is 2.50 bits per heavy atom. The van der Waals surface area contributed by atoms with Crippen molar-refractivity contribution in [2.24, 2.45) is 0 Å². The lowest BCUT2D eigenvalue weighted by molar-refractivity contribution is 0.493. The first-order valence-corrected chi connectivity index (χ1v) is 8.26. The van der Waals surface area contributed by atoms with Gasteiger partial charge < -0.3 is 5.32 Å². The minimum absolute atomic E-state index is 0.00338. The molecule has 2 unspecified atom stereocenters. The van der Waals surface area contributed by atoms with Crippen LogP contribution in [-0.2, 0) is 9.84 Å². The first-order valence-electron chi connectivity index (χ1n) is 6.71. The Labute approximate surface area is 119 Å². The van der Waals surface area contributed by atoms with E-state index in [1.165, 1.54) is 6.92 Å². The van der Waals surface area contributed by atoms with Crippen molar-refractivity contribution in [1.29, 1.82) is 0 Å². The number of halogens is 2. The van der Waals surface area contributed by atoms with E-state index in [0.717, 1.165) is 31.2 Å². The van der Waals surface area contributed by atoms with E-state index < -0.39 is 31.6 Å². The Kier molecular flexibility index (Phi) is 6.07. The van der Waals surface area contributed by atoms with Gasteiger partial charge in [0.2, 0.25) is 0 Å². The number of rotatable bonds is 7. The molecule has 6 heteroatoms. The van der Waals surface area contributed by atoms with Crippen LogP contribution in [0, 0.1) is 11.6 Å². The summed E-state index contributed by atoms with van der Waals surface area (Å²) in [4.78, 5) is -0.562. The molecule has 114 valence electrons. The van der Waals surface area contributed by atoms with Crippen molar-refractivity contribution in [2.45, 2.75) is 49.8 Å². The zero-order chi connectivity index (χ0) is 15.3. The third kappa shape index (κ3) is 4.24. The Morgan fingerprint density at radius 1 is 1.25 bits per heavy atom. The molecule has 0 aromatic heterocycles. The van der Waals surface area contributed by atoms with E-state index >= 15 is 0 Å². The molecule has 1 aromatic rings. The first kappa shape index (κ1) is 17.0. The van der Waals surface area contributed by atoms with Crippen molar-refractivity contribution in [3.8, 4) is 0 Å². The smallest absolute Gasteiger partial charge is 0.184 e. The maximum Gasteiger partial charge on any atom is 0.184 e. The molecule has 20 heavy (non-hydrogen) atoms. The van der Waals surface area contributed by atoms with Crippen molar-refractivity contribution in [1.82, 2.24) is 5.32 Å². The van der Waals surface area contributed by atoms with Gasteiger partial charge in [-0.2, -0.15) is 0 Å². The summed E-state index contributed by atoms with van der Waals surface area (Å²) in [5.74, 6) is -1.67. The van der Waals surface area contributed by atoms with Crippen molar-refractivity contribution in [2.75, 3.05) is 6.54 Å². The highest BCUT2D eigenvalue weighted by Crippen LogP contribution is 2.23. The van der Waals surface area contributed by atoms with E-state index in [1.807, 2.05) is 13.8 Å². The van der Waals surface area contributed by atoms with Crippen LogP contribution >= 0.6 is 0 Å². The van der Waals surface area contributed by atoms with Crippen molar-refractivity contribution in [3.05, 3.63) is 29.8 Å². The molecule has 0 aliphatic rings. The Morgan fingerprint density at radius 2 is 1.90 bits per heavy atom. The van der Waals surface area contributed by atoms with E-state index in [2.05, 4.69) is 5.32 Å². The minimum atomic E-state index is -3.87. The maximum atomic E-state index is 13.6. The topological polar surface area (TPSA) is 46.2 Å². The van der Waals surface area contributed by atoms with Gasteiger partial charge in [-0.1, -0.05) is 6.92 Å². The fraction of sp³-hybridized carbons (Fsp3) is 0.571. The molecule has 3 nitrogen and oxygen atoms in total. The highest BCUT2D eigenvalue weighted by molar-refractivity contribution is 7.92. The van der Waals surface area contributed by atoms with Crippen LogP contribution < -0.4 is 5.32 Å². The van der Waals surface area contributed by atoms with E-state index in [0.29, 0.717) is 6.42 Å². The first-order chi connectivity index (χ1) is 9.28. The van der Waals surface area contributed by atoms with Crippen molar-refractivity contribution >= 4 is 9.84 Å². The highest BCUT2D eigenvalue weighted by Gasteiger charge is 2.28. The van der Waals surface area contributed by atoms with Crippen LogP contribution in [-0.4, -0.2) is 26.3 Å². The van der Waals surface area contributed by atoms with Crippen molar-refractivity contribution in [3.63, 3.8) is 0 Å². The second kappa shape index (κ2) is 7.13. The summed E-state index contributed by atoms with van der Waals surface area (Å²) in [5, 5.41) is 2.40. The molecule has 0 spiro atoms. The Balaban J connectivity index is 2.90. The summed E-state index contributed by atoms with van der Waals surface area (Å²) >= 11 is 0. The average Bonchev–Trinajstić information content (AvgIpc) is 2.38. The van der Waals surface area contributed by atoms with Gasteiger partial charge in [0, 0.05) is 6.04 Å². The van der Waals surface area contributed by atoms with Gasteiger partial charge in [0.15, 0.2) is 9.84 Å². The molecule has 1 aromatic carbocycles. The summed E-state index contributed by atoms with van der Waals surface area (Å²) in [6.45, 7) is 6.21. The molecule has 0 aliphatic heterocycles. The quantitative estimate of drug-likeness (QED) is 0.842. The second-order valence-electron chi connectivity index (χ2n) is 5.02. The Hall–Kier alpha value is -1.01. The predicted octanol–water partition coefficient (Wildman–Crippen LogP) is 2.91. The molecule has 0 aliphatic carbocycles. The van der Waals surface area contributed by atoms with Gasteiger partial charge in [-0.25, -0.2) is 17.2 Å². The van der Waals surface area contributed by atoms with Crippen molar-refractivity contribution < 1.29 is 17.2 Å². The monoisotopic (exact) mass is 305 g/mol. The lowest BCUT2D eigenvalue weighted by Crippen LogP contribution is -2.32. The van der Waals surface area contributed by atoms with Crippen LogP contribution in [0.4, 0.5) is 8.78 Å². The number of hydrogen-bond acceptors (Lipinski definition) is 3. The standard InChI is InChI=1S/C14H21F2NO2S/c1-4-7-17-10(2)8-11(3)20(18,19)14-9-12(15)5-6-13(14)16/h5-6,9-11,17H,4,7-8H2,1-3H3. The van der Waals surface area contributed by atoms with E-state index in [9.17, 15) is 17.2 Å².